The number of rotatable bonds is 18. The number of anilines is 2. The average molecular weight is 621 g/mol. The number of hydrogen-bond acceptors (Lipinski definition) is 6. The van der Waals surface area contributed by atoms with Gasteiger partial charge < -0.3 is 19.7 Å². The van der Waals surface area contributed by atoms with Crippen molar-refractivity contribution in [3.63, 3.8) is 0 Å². The van der Waals surface area contributed by atoms with Gasteiger partial charge in [-0.2, -0.15) is 0 Å². The van der Waals surface area contributed by atoms with Gasteiger partial charge in [0.2, 0.25) is 5.91 Å². The van der Waals surface area contributed by atoms with E-state index in [1.165, 1.54) is 20.0 Å². The summed E-state index contributed by atoms with van der Waals surface area (Å²) in [6.07, 6.45) is 6.36. The Morgan fingerprint density at radius 3 is 2.11 bits per heavy atom. The smallest absolute Gasteiger partial charge is 0.328 e. The van der Waals surface area contributed by atoms with Crippen LogP contribution in [0.2, 0.25) is 0 Å². The lowest BCUT2D eigenvalue weighted by atomic mass is 10.00. The van der Waals surface area contributed by atoms with E-state index in [2.05, 4.69) is 12.2 Å². The number of ether oxygens (including phenoxy) is 2. The van der Waals surface area contributed by atoms with Crippen LogP contribution in [-0.4, -0.2) is 44.0 Å². The third kappa shape index (κ3) is 10.1. The van der Waals surface area contributed by atoms with Crippen LogP contribution in [0.3, 0.4) is 0 Å². The van der Waals surface area contributed by atoms with Gasteiger partial charge in [0.05, 0.1) is 13.7 Å². The summed E-state index contributed by atoms with van der Waals surface area (Å²) in [7, 11) is 1.35. The molecule has 240 valence electrons. The van der Waals surface area contributed by atoms with Crippen LogP contribution in [0.15, 0.2) is 109 Å². The van der Waals surface area contributed by atoms with E-state index >= 15 is 0 Å². The second kappa shape index (κ2) is 18.2. The van der Waals surface area contributed by atoms with Crippen molar-refractivity contribution in [2.45, 2.75) is 57.9 Å². The molecule has 0 saturated carbocycles. The zero-order valence-electron chi connectivity index (χ0n) is 26.8. The second-order valence-electron chi connectivity index (χ2n) is 11.2. The zero-order chi connectivity index (χ0) is 32.6. The maximum atomic E-state index is 13.2. The van der Waals surface area contributed by atoms with Gasteiger partial charge in [0.25, 0.3) is 0 Å². The first-order valence-corrected chi connectivity index (χ1v) is 16.1. The van der Waals surface area contributed by atoms with E-state index in [4.69, 9.17) is 9.47 Å². The first-order valence-electron chi connectivity index (χ1n) is 16.1. The molecule has 4 aromatic rings. The van der Waals surface area contributed by atoms with Crippen LogP contribution in [-0.2, 0) is 20.7 Å². The van der Waals surface area contributed by atoms with Crippen LogP contribution >= 0.6 is 0 Å². The van der Waals surface area contributed by atoms with E-state index in [-0.39, 0.29) is 11.7 Å². The molecule has 0 unspecified atom stereocenters. The van der Waals surface area contributed by atoms with Gasteiger partial charge in [0.1, 0.15) is 18.4 Å². The molecule has 7 heteroatoms. The van der Waals surface area contributed by atoms with Gasteiger partial charge in [-0.05, 0) is 48.4 Å². The van der Waals surface area contributed by atoms with Crippen molar-refractivity contribution < 1.29 is 23.9 Å². The molecule has 1 amide bonds. The highest BCUT2D eigenvalue weighted by Crippen LogP contribution is 2.23. The van der Waals surface area contributed by atoms with Crippen molar-refractivity contribution in [3.05, 3.63) is 126 Å². The van der Waals surface area contributed by atoms with Crippen molar-refractivity contribution in [1.29, 1.82) is 0 Å². The third-order valence-corrected chi connectivity index (χ3v) is 7.83. The minimum absolute atomic E-state index is 0.107. The number of para-hydroxylation sites is 2. The number of ketones is 1. The van der Waals surface area contributed by atoms with Crippen LogP contribution in [0, 0.1) is 0 Å². The summed E-state index contributed by atoms with van der Waals surface area (Å²) in [6, 6.07) is 32.8. The fourth-order valence-corrected chi connectivity index (χ4v) is 5.31. The molecule has 4 rings (SSSR count). The lowest BCUT2D eigenvalue weighted by Gasteiger charge is -2.23. The number of methoxy groups -OCH3 is 1. The van der Waals surface area contributed by atoms with E-state index in [1.54, 1.807) is 35.2 Å². The number of nitrogens with one attached hydrogen (secondary N) is 1. The number of esters is 1. The van der Waals surface area contributed by atoms with Crippen molar-refractivity contribution in [1.82, 2.24) is 0 Å². The molecule has 0 fully saturated rings. The van der Waals surface area contributed by atoms with E-state index in [0.717, 1.165) is 30.5 Å². The first kappa shape index (κ1) is 34.0. The molecular formula is C39H44N2O5. The average Bonchev–Trinajstić information content (AvgIpc) is 3.10. The fourth-order valence-electron chi connectivity index (χ4n) is 5.31. The molecule has 7 nitrogen and oxygen atoms in total. The normalized spacial score (nSPS) is 11.3. The molecule has 0 spiro atoms. The van der Waals surface area contributed by atoms with E-state index in [0.29, 0.717) is 48.6 Å². The Bertz CT molecular complexity index is 1520. The lowest BCUT2D eigenvalue weighted by molar-refractivity contribution is -0.141. The number of carbonyl (C=O) groups excluding carboxylic acids is 3. The summed E-state index contributed by atoms with van der Waals surface area (Å²) in [5.74, 6) is 0.215. The highest BCUT2D eigenvalue weighted by atomic mass is 16.5. The molecule has 0 aliphatic heterocycles. The Labute approximate surface area is 272 Å². The van der Waals surface area contributed by atoms with Crippen LogP contribution in [0.4, 0.5) is 11.4 Å². The molecule has 0 radical (unpaired) electrons. The minimum Gasteiger partial charge on any atom is -0.492 e. The van der Waals surface area contributed by atoms with Crippen LogP contribution < -0.4 is 15.0 Å². The molecule has 1 N–H and O–H groups in total. The maximum absolute atomic E-state index is 13.2. The van der Waals surface area contributed by atoms with Crippen molar-refractivity contribution >= 4 is 29.0 Å². The van der Waals surface area contributed by atoms with E-state index in [1.807, 2.05) is 78.9 Å². The van der Waals surface area contributed by atoms with Gasteiger partial charge in [-0.1, -0.05) is 105 Å². The minimum atomic E-state index is -0.714. The fraction of sp³-hybridized carbons (Fsp3) is 0.308. The molecule has 0 bridgehead atoms. The molecule has 0 heterocycles. The van der Waals surface area contributed by atoms with Gasteiger partial charge in [-0.15, -0.1) is 0 Å². The predicted molar refractivity (Wildman–Crippen MR) is 184 cm³/mol. The molecule has 0 aromatic heterocycles. The zero-order valence-corrected chi connectivity index (χ0v) is 26.8. The molecule has 1 atom stereocenters. The Morgan fingerprint density at radius 2 is 1.41 bits per heavy atom. The third-order valence-electron chi connectivity index (χ3n) is 7.83. The largest absolute Gasteiger partial charge is 0.492 e. The Balaban J connectivity index is 1.37. The first-order chi connectivity index (χ1) is 22.5. The summed E-state index contributed by atoms with van der Waals surface area (Å²) in [6.45, 7) is 2.97. The predicted octanol–water partition coefficient (Wildman–Crippen LogP) is 7.89. The number of benzene rings is 4. The standard InChI is InChI=1S/C39H44N2O5/c1-3-4-5-6-13-22-37(42)41(32-18-11-8-12-19-32)27-28-46-33-25-23-30(24-26-33)29-36(39(44)45-2)40-35-21-15-14-20-34(35)38(43)31-16-9-7-10-17-31/h7-12,14-21,23-26,36,40H,3-6,13,22,27-29H2,1-2H3/t36-/m0/s1. The monoisotopic (exact) mass is 620 g/mol. The SMILES string of the molecule is CCCCCCCC(=O)N(CCOc1ccc(C[C@H](Nc2ccccc2C(=O)c2ccccc2)C(=O)OC)cc1)c1ccccc1. The number of unbranched alkanes of at least 4 members (excludes halogenated alkanes) is 4. The molecule has 0 saturated heterocycles. The summed E-state index contributed by atoms with van der Waals surface area (Å²) in [5, 5.41) is 3.25. The molecule has 46 heavy (non-hydrogen) atoms. The Kier molecular flexibility index (Phi) is 13.4. The molecular weight excluding hydrogens is 576 g/mol. The number of hydrogen-bond donors (Lipinski definition) is 1. The van der Waals surface area contributed by atoms with Gasteiger partial charge in [-0.3, -0.25) is 9.59 Å². The van der Waals surface area contributed by atoms with E-state index < -0.39 is 12.0 Å². The summed E-state index contributed by atoms with van der Waals surface area (Å²) >= 11 is 0. The number of nitrogens with zero attached hydrogens (tertiary/aromatic N) is 1. The van der Waals surface area contributed by atoms with Gasteiger partial charge in [0.15, 0.2) is 5.78 Å². The Hall–Kier alpha value is -4.91. The van der Waals surface area contributed by atoms with Crippen molar-refractivity contribution in [2.75, 3.05) is 30.5 Å². The molecule has 0 aliphatic rings. The quantitative estimate of drug-likeness (QED) is 0.0692. The van der Waals surface area contributed by atoms with Gasteiger partial charge in [0, 0.05) is 35.3 Å². The highest BCUT2D eigenvalue weighted by Gasteiger charge is 2.23. The van der Waals surface area contributed by atoms with Crippen molar-refractivity contribution in [2.24, 2.45) is 0 Å². The summed E-state index contributed by atoms with van der Waals surface area (Å²) < 4.78 is 11.1. The van der Waals surface area contributed by atoms with Gasteiger partial charge in [-0.25, -0.2) is 4.79 Å². The molecule has 0 aliphatic carbocycles. The van der Waals surface area contributed by atoms with E-state index in [9.17, 15) is 14.4 Å². The van der Waals surface area contributed by atoms with Crippen molar-refractivity contribution in [3.8, 4) is 5.75 Å². The Morgan fingerprint density at radius 1 is 0.761 bits per heavy atom. The van der Waals surface area contributed by atoms with Crippen LogP contribution in [0.1, 0.15) is 66.9 Å². The maximum Gasteiger partial charge on any atom is 0.328 e. The second-order valence-corrected chi connectivity index (χ2v) is 11.2. The lowest BCUT2D eigenvalue weighted by Crippen LogP contribution is -2.34. The summed E-state index contributed by atoms with van der Waals surface area (Å²) in [5.41, 5.74) is 3.37. The van der Waals surface area contributed by atoms with Crippen LogP contribution in [0.25, 0.3) is 0 Å². The molecule has 4 aromatic carbocycles. The number of carbonyl (C=O) groups is 3. The highest BCUT2D eigenvalue weighted by molar-refractivity contribution is 6.12. The van der Waals surface area contributed by atoms with Gasteiger partial charge >= 0.3 is 5.97 Å². The summed E-state index contributed by atoms with van der Waals surface area (Å²) in [4.78, 5) is 40.9. The topological polar surface area (TPSA) is 84.9 Å². The van der Waals surface area contributed by atoms with Crippen LogP contribution in [0.5, 0.6) is 5.75 Å². The number of amides is 1.